The van der Waals surface area contributed by atoms with Gasteiger partial charge in [0.05, 0.1) is 12.7 Å². The van der Waals surface area contributed by atoms with Crippen LogP contribution in [0.5, 0.6) is 5.75 Å². The lowest BCUT2D eigenvalue weighted by atomic mass is 10.0. The van der Waals surface area contributed by atoms with E-state index < -0.39 is 6.04 Å². The molecule has 2 aromatic rings. The molecule has 1 aromatic carbocycles. The second-order valence-corrected chi connectivity index (χ2v) is 6.43. The van der Waals surface area contributed by atoms with Gasteiger partial charge in [0.1, 0.15) is 11.8 Å². The lowest BCUT2D eigenvalue weighted by Crippen LogP contribution is -2.47. The highest BCUT2D eigenvalue weighted by Crippen LogP contribution is 2.17. The lowest BCUT2D eigenvalue weighted by Gasteiger charge is -2.21. The van der Waals surface area contributed by atoms with Crippen molar-refractivity contribution in [2.45, 2.75) is 32.9 Å². The van der Waals surface area contributed by atoms with Gasteiger partial charge in [0.15, 0.2) is 0 Å². The van der Waals surface area contributed by atoms with Crippen LogP contribution in [0, 0.1) is 5.92 Å². The zero-order chi connectivity index (χ0) is 18.9. The molecule has 0 bridgehead atoms. The summed E-state index contributed by atoms with van der Waals surface area (Å²) in [6, 6.07) is 10.0. The van der Waals surface area contributed by atoms with E-state index in [1.54, 1.807) is 36.7 Å². The van der Waals surface area contributed by atoms with Gasteiger partial charge in [0.25, 0.3) is 5.91 Å². The Bertz CT molecular complexity index is 732. The molecule has 1 atom stereocenters. The fraction of sp³-hybridized carbons (Fsp3) is 0.350. The van der Waals surface area contributed by atoms with Gasteiger partial charge in [0.2, 0.25) is 5.91 Å². The van der Waals surface area contributed by atoms with Crippen molar-refractivity contribution >= 4 is 11.8 Å². The first-order valence-electron chi connectivity index (χ1n) is 8.61. The Balaban J connectivity index is 2.06. The SMILES string of the molecule is COc1ccccc1C(=O)N[C@H](CC(C)C)C(=O)NCc1cccnc1. The first-order valence-corrected chi connectivity index (χ1v) is 8.61. The molecule has 1 aromatic heterocycles. The number of carbonyl (C=O) groups is 2. The van der Waals surface area contributed by atoms with E-state index in [4.69, 9.17) is 4.74 Å². The Kier molecular flexibility index (Phi) is 7.14. The molecule has 0 aliphatic carbocycles. The summed E-state index contributed by atoms with van der Waals surface area (Å²) in [6.45, 7) is 4.39. The number of para-hydroxylation sites is 1. The Morgan fingerprint density at radius 1 is 1.15 bits per heavy atom. The van der Waals surface area contributed by atoms with Gasteiger partial charge >= 0.3 is 0 Å². The maximum absolute atomic E-state index is 12.6. The quantitative estimate of drug-likeness (QED) is 0.763. The van der Waals surface area contributed by atoms with Crippen LogP contribution in [0.3, 0.4) is 0 Å². The van der Waals surface area contributed by atoms with Crippen LogP contribution in [0.25, 0.3) is 0 Å². The van der Waals surface area contributed by atoms with E-state index in [2.05, 4.69) is 15.6 Å². The minimum absolute atomic E-state index is 0.217. The molecule has 1 heterocycles. The molecule has 6 heteroatoms. The monoisotopic (exact) mass is 355 g/mol. The largest absolute Gasteiger partial charge is 0.496 e. The van der Waals surface area contributed by atoms with E-state index in [0.717, 1.165) is 5.56 Å². The number of hydrogen-bond donors (Lipinski definition) is 2. The standard InChI is InChI=1S/C20H25N3O3/c1-14(2)11-17(20(25)22-13-15-7-6-10-21-12-15)23-19(24)16-8-4-5-9-18(16)26-3/h4-10,12,14,17H,11,13H2,1-3H3,(H,22,25)(H,23,24)/t17-/m1/s1. The van der Waals surface area contributed by atoms with E-state index in [1.807, 2.05) is 26.0 Å². The van der Waals surface area contributed by atoms with Crippen molar-refractivity contribution < 1.29 is 14.3 Å². The number of methoxy groups -OCH3 is 1. The molecule has 0 fully saturated rings. The van der Waals surface area contributed by atoms with Crippen molar-refractivity contribution in [1.29, 1.82) is 0 Å². The van der Waals surface area contributed by atoms with Crippen LogP contribution < -0.4 is 15.4 Å². The molecule has 0 spiro atoms. The Morgan fingerprint density at radius 3 is 2.58 bits per heavy atom. The number of aromatic nitrogens is 1. The predicted molar refractivity (Wildman–Crippen MR) is 99.8 cm³/mol. The summed E-state index contributed by atoms with van der Waals surface area (Å²) >= 11 is 0. The van der Waals surface area contributed by atoms with Crippen LogP contribution in [-0.4, -0.2) is 29.9 Å². The molecule has 0 unspecified atom stereocenters. The van der Waals surface area contributed by atoms with Crippen LogP contribution in [0.4, 0.5) is 0 Å². The maximum Gasteiger partial charge on any atom is 0.255 e. The molecule has 0 aliphatic rings. The van der Waals surface area contributed by atoms with Gasteiger partial charge in [0, 0.05) is 18.9 Å². The van der Waals surface area contributed by atoms with Gasteiger partial charge in [-0.05, 0) is 36.1 Å². The molecule has 6 nitrogen and oxygen atoms in total. The molecule has 138 valence electrons. The summed E-state index contributed by atoms with van der Waals surface area (Å²) in [5.41, 5.74) is 1.31. The van der Waals surface area contributed by atoms with Gasteiger partial charge < -0.3 is 15.4 Å². The van der Waals surface area contributed by atoms with Crippen LogP contribution in [0.15, 0.2) is 48.8 Å². The third-order valence-corrected chi connectivity index (χ3v) is 3.87. The van der Waals surface area contributed by atoms with Crippen molar-refractivity contribution in [3.63, 3.8) is 0 Å². The number of rotatable bonds is 8. The second kappa shape index (κ2) is 9.56. The third-order valence-electron chi connectivity index (χ3n) is 3.87. The van der Waals surface area contributed by atoms with E-state index in [9.17, 15) is 9.59 Å². The summed E-state index contributed by atoms with van der Waals surface area (Å²) in [5.74, 6) is 0.182. The molecule has 0 radical (unpaired) electrons. The number of benzene rings is 1. The Morgan fingerprint density at radius 2 is 1.92 bits per heavy atom. The Labute approximate surface area is 154 Å². The van der Waals surface area contributed by atoms with Crippen molar-refractivity contribution in [3.8, 4) is 5.75 Å². The fourth-order valence-electron chi connectivity index (χ4n) is 2.59. The first-order chi connectivity index (χ1) is 12.5. The number of carbonyl (C=O) groups excluding carboxylic acids is 2. The highest BCUT2D eigenvalue weighted by Gasteiger charge is 2.23. The zero-order valence-electron chi connectivity index (χ0n) is 15.4. The van der Waals surface area contributed by atoms with Gasteiger partial charge in [-0.3, -0.25) is 14.6 Å². The summed E-state index contributed by atoms with van der Waals surface area (Å²) in [6.07, 6.45) is 3.92. The molecule has 2 rings (SSSR count). The molecule has 26 heavy (non-hydrogen) atoms. The van der Waals surface area contributed by atoms with Crippen molar-refractivity contribution in [2.24, 2.45) is 5.92 Å². The summed E-state index contributed by atoms with van der Waals surface area (Å²) in [4.78, 5) is 29.2. The van der Waals surface area contributed by atoms with E-state index in [0.29, 0.717) is 24.3 Å². The number of amides is 2. The number of pyridine rings is 1. The highest BCUT2D eigenvalue weighted by atomic mass is 16.5. The van der Waals surface area contributed by atoms with Crippen molar-refractivity contribution in [3.05, 3.63) is 59.9 Å². The lowest BCUT2D eigenvalue weighted by molar-refractivity contribution is -0.123. The number of hydrogen-bond acceptors (Lipinski definition) is 4. The third kappa shape index (κ3) is 5.58. The second-order valence-electron chi connectivity index (χ2n) is 6.43. The average molecular weight is 355 g/mol. The van der Waals surface area contributed by atoms with Crippen LogP contribution in [-0.2, 0) is 11.3 Å². The average Bonchev–Trinajstić information content (AvgIpc) is 2.65. The highest BCUT2D eigenvalue weighted by molar-refractivity contribution is 5.99. The van der Waals surface area contributed by atoms with E-state index in [-0.39, 0.29) is 17.7 Å². The van der Waals surface area contributed by atoms with Gasteiger partial charge in [-0.15, -0.1) is 0 Å². The van der Waals surface area contributed by atoms with Gasteiger partial charge in [-0.1, -0.05) is 32.0 Å². The first kappa shape index (κ1) is 19.4. The number of nitrogens with zero attached hydrogens (tertiary/aromatic N) is 1. The fourth-order valence-corrected chi connectivity index (χ4v) is 2.59. The van der Waals surface area contributed by atoms with E-state index in [1.165, 1.54) is 7.11 Å². The Hall–Kier alpha value is -2.89. The zero-order valence-corrected chi connectivity index (χ0v) is 15.4. The normalized spacial score (nSPS) is 11.7. The smallest absolute Gasteiger partial charge is 0.255 e. The van der Waals surface area contributed by atoms with Crippen LogP contribution in [0.1, 0.15) is 36.2 Å². The number of nitrogens with one attached hydrogen (secondary N) is 2. The topological polar surface area (TPSA) is 80.3 Å². The van der Waals surface area contributed by atoms with E-state index >= 15 is 0 Å². The molecule has 2 amide bonds. The minimum atomic E-state index is -0.621. The molecule has 0 saturated heterocycles. The van der Waals surface area contributed by atoms with Crippen LogP contribution >= 0.6 is 0 Å². The molecule has 0 aliphatic heterocycles. The van der Waals surface area contributed by atoms with Crippen molar-refractivity contribution in [2.75, 3.05) is 7.11 Å². The predicted octanol–water partition coefficient (Wildman–Crippen LogP) is 2.55. The maximum atomic E-state index is 12.6. The van der Waals surface area contributed by atoms with Gasteiger partial charge in [-0.2, -0.15) is 0 Å². The van der Waals surface area contributed by atoms with Gasteiger partial charge in [-0.25, -0.2) is 0 Å². The molecular weight excluding hydrogens is 330 g/mol. The molecule has 2 N–H and O–H groups in total. The minimum Gasteiger partial charge on any atom is -0.496 e. The van der Waals surface area contributed by atoms with Crippen LogP contribution in [0.2, 0.25) is 0 Å². The molecular formula is C20H25N3O3. The van der Waals surface area contributed by atoms with Crippen molar-refractivity contribution in [1.82, 2.24) is 15.6 Å². The summed E-state index contributed by atoms with van der Waals surface area (Å²) in [7, 11) is 1.51. The molecule has 0 saturated carbocycles. The number of ether oxygens (including phenoxy) is 1. The summed E-state index contributed by atoms with van der Waals surface area (Å²) < 4.78 is 5.23. The summed E-state index contributed by atoms with van der Waals surface area (Å²) in [5, 5.41) is 5.69.